The van der Waals surface area contributed by atoms with Crippen LogP contribution in [-0.2, 0) is 4.74 Å². The van der Waals surface area contributed by atoms with E-state index in [2.05, 4.69) is 24.1 Å². The summed E-state index contributed by atoms with van der Waals surface area (Å²) in [5.74, 6) is 1.56. The summed E-state index contributed by atoms with van der Waals surface area (Å²) in [4.78, 5) is 9.45. The van der Waals surface area contributed by atoms with Crippen LogP contribution in [0.5, 0.6) is 11.5 Å². The third kappa shape index (κ3) is 4.87. The first-order chi connectivity index (χ1) is 13.1. The van der Waals surface area contributed by atoms with Crippen molar-refractivity contribution in [1.82, 2.24) is 9.97 Å². The number of nitrogens with zero attached hydrogens (tertiary/aromatic N) is 2. The molecule has 7 heteroatoms. The van der Waals surface area contributed by atoms with Gasteiger partial charge >= 0.3 is 0 Å². The minimum absolute atomic E-state index is 0.333. The van der Waals surface area contributed by atoms with Gasteiger partial charge in [0.15, 0.2) is 5.13 Å². The molecule has 0 aliphatic heterocycles. The molecule has 0 bridgehead atoms. The summed E-state index contributed by atoms with van der Waals surface area (Å²) < 4.78 is 16.6. The molecule has 0 radical (unpaired) electrons. The lowest BCUT2D eigenvalue weighted by molar-refractivity contribution is 0.146. The number of hydrogen-bond acceptors (Lipinski definition) is 7. The molecule has 0 saturated heterocycles. The molecule has 0 unspecified atom stereocenters. The highest BCUT2D eigenvalue weighted by Gasteiger charge is 2.13. The monoisotopic (exact) mass is 387 g/mol. The van der Waals surface area contributed by atoms with Crippen LogP contribution < -0.4 is 14.8 Å². The quantitative estimate of drug-likeness (QED) is 0.541. The van der Waals surface area contributed by atoms with Crippen molar-refractivity contribution in [2.24, 2.45) is 0 Å². The number of thiazole rings is 1. The Hall–Kier alpha value is -2.38. The van der Waals surface area contributed by atoms with Crippen molar-refractivity contribution in [3.63, 3.8) is 0 Å². The van der Waals surface area contributed by atoms with Crippen molar-refractivity contribution < 1.29 is 14.2 Å². The summed E-state index contributed by atoms with van der Waals surface area (Å²) in [7, 11) is 1.65. The molecule has 0 fully saturated rings. The van der Waals surface area contributed by atoms with Crippen molar-refractivity contribution in [2.75, 3.05) is 32.2 Å². The minimum Gasteiger partial charge on any atom is -0.493 e. The fourth-order valence-corrected chi connectivity index (χ4v) is 3.47. The first-order valence-electron chi connectivity index (χ1n) is 9.02. The molecule has 0 saturated carbocycles. The van der Waals surface area contributed by atoms with Gasteiger partial charge in [0, 0.05) is 36.1 Å². The van der Waals surface area contributed by atoms with Gasteiger partial charge in [-0.15, -0.1) is 11.3 Å². The van der Waals surface area contributed by atoms with Gasteiger partial charge in [-0.05, 0) is 32.9 Å². The van der Waals surface area contributed by atoms with E-state index in [1.165, 1.54) is 0 Å². The third-order valence-electron chi connectivity index (χ3n) is 3.78. The van der Waals surface area contributed by atoms with Crippen molar-refractivity contribution in [3.05, 3.63) is 29.6 Å². The van der Waals surface area contributed by atoms with Crippen LogP contribution in [0.25, 0.3) is 22.3 Å². The van der Waals surface area contributed by atoms with Crippen LogP contribution in [0.1, 0.15) is 20.8 Å². The number of pyridine rings is 1. The lowest BCUT2D eigenvalue weighted by Crippen LogP contribution is -2.09. The lowest BCUT2D eigenvalue weighted by Gasteiger charge is -2.11. The number of rotatable bonds is 9. The van der Waals surface area contributed by atoms with Gasteiger partial charge in [-0.25, -0.2) is 9.97 Å². The van der Waals surface area contributed by atoms with Crippen molar-refractivity contribution in [1.29, 1.82) is 0 Å². The average Bonchev–Trinajstić information content (AvgIpc) is 3.09. The number of aromatic nitrogens is 2. The SMILES string of the molecule is CCOc1cc(-c2csc(NC(C)C)n2)nc2cc(OCCOC)ccc12. The van der Waals surface area contributed by atoms with Gasteiger partial charge < -0.3 is 19.5 Å². The van der Waals surface area contributed by atoms with Gasteiger partial charge in [-0.3, -0.25) is 0 Å². The maximum Gasteiger partial charge on any atom is 0.183 e. The number of fused-ring (bicyclic) bond motifs is 1. The first-order valence-corrected chi connectivity index (χ1v) is 9.90. The van der Waals surface area contributed by atoms with E-state index >= 15 is 0 Å². The van der Waals surface area contributed by atoms with E-state index < -0.39 is 0 Å². The number of methoxy groups -OCH3 is 1. The smallest absolute Gasteiger partial charge is 0.183 e. The topological polar surface area (TPSA) is 65.5 Å². The van der Waals surface area contributed by atoms with Gasteiger partial charge in [-0.2, -0.15) is 0 Å². The Morgan fingerprint density at radius 3 is 2.67 bits per heavy atom. The molecule has 27 heavy (non-hydrogen) atoms. The zero-order chi connectivity index (χ0) is 19.2. The van der Waals surface area contributed by atoms with Gasteiger partial charge in [-0.1, -0.05) is 0 Å². The Morgan fingerprint density at radius 1 is 1.07 bits per heavy atom. The molecule has 0 aliphatic rings. The van der Waals surface area contributed by atoms with E-state index in [-0.39, 0.29) is 0 Å². The molecule has 0 atom stereocenters. The molecule has 3 rings (SSSR count). The van der Waals surface area contributed by atoms with E-state index in [4.69, 9.17) is 19.2 Å². The third-order valence-corrected chi connectivity index (χ3v) is 4.55. The molecule has 2 heterocycles. The Kier molecular flexibility index (Phi) is 6.47. The van der Waals surface area contributed by atoms with E-state index in [0.29, 0.717) is 25.9 Å². The molecular formula is C20H25N3O3S. The Labute approximate surface area is 163 Å². The Balaban J connectivity index is 1.97. The fraction of sp³-hybridized carbons (Fsp3) is 0.400. The predicted octanol–water partition coefficient (Wildman–Crippen LogP) is 4.60. The molecule has 3 aromatic rings. The summed E-state index contributed by atoms with van der Waals surface area (Å²) >= 11 is 1.57. The summed E-state index contributed by atoms with van der Waals surface area (Å²) in [5.41, 5.74) is 2.43. The second kappa shape index (κ2) is 9.01. The van der Waals surface area contributed by atoms with Crippen LogP contribution in [0.4, 0.5) is 5.13 Å². The minimum atomic E-state index is 0.333. The van der Waals surface area contributed by atoms with Crippen molar-refractivity contribution in [3.8, 4) is 22.9 Å². The van der Waals surface area contributed by atoms with E-state index in [1.54, 1.807) is 18.4 Å². The molecular weight excluding hydrogens is 362 g/mol. The highest BCUT2D eigenvalue weighted by molar-refractivity contribution is 7.14. The summed E-state index contributed by atoms with van der Waals surface area (Å²) in [6, 6.07) is 8.11. The van der Waals surface area contributed by atoms with Crippen molar-refractivity contribution >= 4 is 27.4 Å². The van der Waals surface area contributed by atoms with Gasteiger partial charge in [0.2, 0.25) is 0 Å². The normalized spacial score (nSPS) is 11.1. The number of ether oxygens (including phenoxy) is 3. The van der Waals surface area contributed by atoms with E-state index in [9.17, 15) is 0 Å². The second-order valence-corrected chi connectivity index (χ2v) is 7.15. The number of hydrogen-bond donors (Lipinski definition) is 1. The van der Waals surface area contributed by atoms with Crippen LogP contribution in [-0.4, -0.2) is 42.9 Å². The molecule has 0 amide bonds. The predicted molar refractivity (Wildman–Crippen MR) is 110 cm³/mol. The highest BCUT2D eigenvalue weighted by Crippen LogP contribution is 2.33. The van der Waals surface area contributed by atoms with E-state index in [0.717, 1.165) is 38.9 Å². The molecule has 6 nitrogen and oxygen atoms in total. The standard InChI is InChI=1S/C20H25N3O3S/c1-5-25-19-11-17(18-12-27-20(23-18)21-13(2)3)22-16-10-14(6-7-15(16)19)26-9-8-24-4/h6-7,10-13H,5,8-9H2,1-4H3,(H,21,23). The zero-order valence-electron chi connectivity index (χ0n) is 16.1. The van der Waals surface area contributed by atoms with Gasteiger partial charge in [0.1, 0.15) is 23.8 Å². The average molecular weight is 388 g/mol. The highest BCUT2D eigenvalue weighted by atomic mass is 32.1. The fourth-order valence-electron chi connectivity index (χ4n) is 2.62. The number of benzene rings is 1. The molecule has 2 aromatic heterocycles. The van der Waals surface area contributed by atoms with Crippen molar-refractivity contribution in [2.45, 2.75) is 26.8 Å². The molecule has 144 valence electrons. The van der Waals surface area contributed by atoms with Crippen LogP contribution in [0.2, 0.25) is 0 Å². The van der Waals surface area contributed by atoms with Gasteiger partial charge in [0.25, 0.3) is 0 Å². The summed E-state index contributed by atoms with van der Waals surface area (Å²) in [5, 5.41) is 7.17. The summed E-state index contributed by atoms with van der Waals surface area (Å²) in [6.45, 7) is 7.78. The van der Waals surface area contributed by atoms with Crippen LogP contribution in [0, 0.1) is 0 Å². The number of anilines is 1. The Bertz CT molecular complexity index is 895. The first kappa shape index (κ1) is 19.4. The second-order valence-electron chi connectivity index (χ2n) is 6.30. The van der Waals surface area contributed by atoms with Gasteiger partial charge in [0.05, 0.1) is 24.4 Å². The molecule has 0 spiro atoms. The molecule has 0 aliphatic carbocycles. The largest absolute Gasteiger partial charge is 0.493 e. The number of nitrogens with one attached hydrogen (secondary N) is 1. The van der Waals surface area contributed by atoms with Crippen LogP contribution >= 0.6 is 11.3 Å². The molecule has 1 aromatic carbocycles. The zero-order valence-corrected chi connectivity index (χ0v) is 16.9. The Morgan fingerprint density at radius 2 is 1.93 bits per heavy atom. The maximum atomic E-state index is 5.85. The van der Waals surface area contributed by atoms with Crippen LogP contribution in [0.3, 0.4) is 0 Å². The molecule has 1 N–H and O–H groups in total. The lowest BCUT2D eigenvalue weighted by atomic mass is 10.1. The van der Waals surface area contributed by atoms with E-state index in [1.807, 2.05) is 36.6 Å². The summed E-state index contributed by atoms with van der Waals surface area (Å²) in [6.07, 6.45) is 0. The van der Waals surface area contributed by atoms with Crippen LogP contribution in [0.15, 0.2) is 29.6 Å². The maximum absolute atomic E-state index is 5.85.